The summed E-state index contributed by atoms with van der Waals surface area (Å²) in [7, 11) is 0. The molecule has 5 rings (SSSR count). The van der Waals surface area contributed by atoms with Crippen LogP contribution in [0.2, 0.25) is 0 Å². The molecule has 3 aromatic heterocycles. The zero-order valence-electron chi connectivity index (χ0n) is 15.9. The molecule has 0 spiro atoms. The highest BCUT2D eigenvalue weighted by Crippen LogP contribution is 2.40. The van der Waals surface area contributed by atoms with Crippen molar-refractivity contribution in [3.05, 3.63) is 78.1 Å². The maximum atomic E-state index is 12.4. The van der Waals surface area contributed by atoms with Gasteiger partial charge in [0.2, 0.25) is 0 Å². The van der Waals surface area contributed by atoms with E-state index in [1.54, 1.807) is 23.0 Å². The summed E-state index contributed by atoms with van der Waals surface area (Å²) in [6, 6.07) is 14.8. The molecule has 7 heteroatoms. The molecule has 1 fully saturated rings. The number of nitrogens with one attached hydrogen (secondary N) is 1. The molecule has 0 aliphatic heterocycles. The van der Waals surface area contributed by atoms with E-state index in [1.807, 2.05) is 43.3 Å². The summed E-state index contributed by atoms with van der Waals surface area (Å²) in [6.45, 7) is 1.96. The van der Waals surface area contributed by atoms with E-state index >= 15 is 0 Å². The van der Waals surface area contributed by atoms with Gasteiger partial charge in [0, 0.05) is 23.4 Å². The molecule has 1 aromatic carbocycles. The van der Waals surface area contributed by atoms with Crippen molar-refractivity contribution >= 4 is 11.6 Å². The van der Waals surface area contributed by atoms with Crippen LogP contribution in [-0.4, -0.2) is 25.7 Å². The van der Waals surface area contributed by atoms with E-state index in [4.69, 9.17) is 14.5 Å². The fourth-order valence-electron chi connectivity index (χ4n) is 3.26. The predicted molar refractivity (Wildman–Crippen MR) is 108 cm³/mol. The molecule has 1 aliphatic rings. The number of pyridine rings is 1. The number of rotatable bonds is 5. The van der Waals surface area contributed by atoms with Gasteiger partial charge in [-0.2, -0.15) is 4.68 Å². The number of hydrogen-bond acceptors (Lipinski definition) is 5. The topological polar surface area (TPSA) is 85.8 Å². The highest BCUT2D eigenvalue weighted by atomic mass is 16.3. The fourth-order valence-corrected chi connectivity index (χ4v) is 3.26. The normalized spacial score (nSPS) is 13.4. The van der Waals surface area contributed by atoms with E-state index in [0.717, 1.165) is 35.6 Å². The summed E-state index contributed by atoms with van der Waals surface area (Å²) < 4.78 is 6.97. The van der Waals surface area contributed by atoms with Crippen LogP contribution in [0.3, 0.4) is 0 Å². The second kappa shape index (κ2) is 7.01. The molecular weight excluding hydrogens is 366 g/mol. The quantitative estimate of drug-likeness (QED) is 0.552. The third-order valence-corrected chi connectivity index (χ3v) is 5.00. The van der Waals surface area contributed by atoms with Crippen LogP contribution < -0.4 is 5.32 Å². The first kappa shape index (κ1) is 17.4. The minimum Gasteiger partial charge on any atom is -0.459 e. The molecule has 1 amide bonds. The van der Waals surface area contributed by atoms with Crippen LogP contribution in [0.4, 0.5) is 5.69 Å². The first-order chi connectivity index (χ1) is 14.2. The Morgan fingerprint density at radius 1 is 1.14 bits per heavy atom. The van der Waals surface area contributed by atoms with Crippen LogP contribution in [0.5, 0.6) is 0 Å². The summed E-state index contributed by atoms with van der Waals surface area (Å²) in [5.41, 5.74) is 2.50. The Bertz CT molecular complexity index is 1160. The number of benzene rings is 1. The fraction of sp³-hybridized carbons (Fsp3) is 0.182. The second-order valence-electron chi connectivity index (χ2n) is 7.08. The van der Waals surface area contributed by atoms with E-state index in [-0.39, 0.29) is 11.7 Å². The summed E-state index contributed by atoms with van der Waals surface area (Å²) in [4.78, 5) is 21.7. The molecule has 4 aromatic rings. The van der Waals surface area contributed by atoms with Crippen molar-refractivity contribution in [2.45, 2.75) is 25.7 Å². The summed E-state index contributed by atoms with van der Waals surface area (Å²) in [5.74, 6) is 2.67. The summed E-state index contributed by atoms with van der Waals surface area (Å²) in [6.07, 6.45) is 5.45. The molecular formula is C22H19N5O2. The monoisotopic (exact) mass is 385 g/mol. The number of furan rings is 1. The third-order valence-electron chi connectivity index (χ3n) is 5.00. The lowest BCUT2D eigenvalue weighted by molar-refractivity contribution is 0.0996. The molecule has 0 bridgehead atoms. The molecule has 1 aliphatic carbocycles. The standard InChI is InChI=1S/C22H19N5O2/c1-14-16(6-4-7-17(14)24-22(28)18-8-5-13-29-18)21-25-20(15-10-11-15)26-27(21)19-9-2-3-12-23-19/h2-9,12-13,15H,10-11H2,1H3,(H,24,28). The van der Waals surface area contributed by atoms with E-state index in [2.05, 4.69) is 10.3 Å². The lowest BCUT2D eigenvalue weighted by Crippen LogP contribution is -2.12. The Morgan fingerprint density at radius 2 is 2.03 bits per heavy atom. The number of carbonyl (C=O) groups is 1. The van der Waals surface area contributed by atoms with Crippen LogP contribution in [-0.2, 0) is 0 Å². The van der Waals surface area contributed by atoms with Gasteiger partial charge in [0.05, 0.1) is 6.26 Å². The molecule has 1 N–H and O–H groups in total. The van der Waals surface area contributed by atoms with E-state index in [1.165, 1.54) is 6.26 Å². The largest absolute Gasteiger partial charge is 0.459 e. The van der Waals surface area contributed by atoms with Crippen LogP contribution in [0.25, 0.3) is 17.2 Å². The van der Waals surface area contributed by atoms with Gasteiger partial charge < -0.3 is 9.73 Å². The van der Waals surface area contributed by atoms with Crippen molar-refractivity contribution < 1.29 is 9.21 Å². The van der Waals surface area contributed by atoms with Gasteiger partial charge in [0.25, 0.3) is 5.91 Å². The van der Waals surface area contributed by atoms with Gasteiger partial charge in [-0.15, -0.1) is 5.10 Å². The molecule has 0 saturated heterocycles. The Balaban J connectivity index is 1.57. The molecule has 7 nitrogen and oxygen atoms in total. The van der Waals surface area contributed by atoms with Crippen molar-refractivity contribution in [2.24, 2.45) is 0 Å². The summed E-state index contributed by atoms with van der Waals surface area (Å²) >= 11 is 0. The van der Waals surface area contributed by atoms with Crippen molar-refractivity contribution in [3.63, 3.8) is 0 Å². The molecule has 0 radical (unpaired) electrons. The average molecular weight is 385 g/mol. The van der Waals surface area contributed by atoms with Gasteiger partial charge in [-0.3, -0.25) is 4.79 Å². The highest BCUT2D eigenvalue weighted by Gasteiger charge is 2.30. The van der Waals surface area contributed by atoms with Crippen LogP contribution in [0.15, 0.2) is 65.4 Å². The molecule has 0 atom stereocenters. The smallest absolute Gasteiger partial charge is 0.291 e. The highest BCUT2D eigenvalue weighted by molar-refractivity contribution is 6.03. The Morgan fingerprint density at radius 3 is 2.76 bits per heavy atom. The van der Waals surface area contributed by atoms with Crippen molar-refractivity contribution in [2.75, 3.05) is 5.32 Å². The van der Waals surface area contributed by atoms with Gasteiger partial charge >= 0.3 is 0 Å². The minimum atomic E-state index is -0.292. The number of carbonyl (C=O) groups excluding carboxylic acids is 1. The molecule has 144 valence electrons. The first-order valence-corrected chi connectivity index (χ1v) is 9.54. The Hall–Kier alpha value is -3.74. The molecule has 0 unspecified atom stereocenters. The second-order valence-corrected chi connectivity index (χ2v) is 7.08. The Labute approximate surface area is 167 Å². The first-order valence-electron chi connectivity index (χ1n) is 9.54. The minimum absolute atomic E-state index is 0.266. The number of hydrogen-bond donors (Lipinski definition) is 1. The lowest BCUT2D eigenvalue weighted by Gasteiger charge is -2.12. The average Bonchev–Trinajstić information content (AvgIpc) is 3.27. The zero-order chi connectivity index (χ0) is 19.8. The van der Waals surface area contributed by atoms with Gasteiger partial charge in [-0.05, 0) is 55.7 Å². The van der Waals surface area contributed by atoms with E-state index in [0.29, 0.717) is 17.4 Å². The lowest BCUT2D eigenvalue weighted by atomic mass is 10.1. The van der Waals surface area contributed by atoms with Crippen molar-refractivity contribution in [1.29, 1.82) is 0 Å². The predicted octanol–water partition coefficient (Wildman–Crippen LogP) is 4.36. The number of anilines is 1. The maximum absolute atomic E-state index is 12.4. The van der Waals surface area contributed by atoms with Gasteiger partial charge in [-0.25, -0.2) is 9.97 Å². The van der Waals surface area contributed by atoms with Gasteiger partial charge in [0.15, 0.2) is 23.2 Å². The van der Waals surface area contributed by atoms with Gasteiger partial charge in [-0.1, -0.05) is 18.2 Å². The summed E-state index contributed by atoms with van der Waals surface area (Å²) in [5, 5.41) is 7.65. The van der Waals surface area contributed by atoms with E-state index < -0.39 is 0 Å². The number of aromatic nitrogens is 4. The van der Waals surface area contributed by atoms with Crippen LogP contribution in [0.1, 0.15) is 40.7 Å². The molecule has 1 saturated carbocycles. The Kier molecular flexibility index (Phi) is 4.20. The van der Waals surface area contributed by atoms with Crippen molar-refractivity contribution in [3.8, 4) is 17.2 Å². The maximum Gasteiger partial charge on any atom is 0.291 e. The van der Waals surface area contributed by atoms with Crippen molar-refractivity contribution in [1.82, 2.24) is 19.7 Å². The zero-order valence-corrected chi connectivity index (χ0v) is 15.9. The van der Waals surface area contributed by atoms with Gasteiger partial charge in [0.1, 0.15) is 0 Å². The third kappa shape index (κ3) is 3.31. The SMILES string of the molecule is Cc1c(NC(=O)c2ccco2)cccc1-c1nc(C2CC2)nn1-c1ccccn1. The van der Waals surface area contributed by atoms with Crippen LogP contribution >= 0.6 is 0 Å². The van der Waals surface area contributed by atoms with E-state index in [9.17, 15) is 4.79 Å². The number of nitrogens with zero attached hydrogens (tertiary/aromatic N) is 4. The number of amides is 1. The molecule has 29 heavy (non-hydrogen) atoms. The van der Waals surface area contributed by atoms with Crippen LogP contribution in [0, 0.1) is 6.92 Å². The molecule has 3 heterocycles.